The number of benzene rings is 2. The van der Waals surface area contributed by atoms with Gasteiger partial charge in [0.2, 0.25) is 0 Å². The van der Waals surface area contributed by atoms with Crippen LogP contribution in [0.15, 0.2) is 70.2 Å². The van der Waals surface area contributed by atoms with Crippen LogP contribution in [-0.2, 0) is 9.53 Å². The van der Waals surface area contributed by atoms with Gasteiger partial charge in [0.05, 0.1) is 25.5 Å². The van der Waals surface area contributed by atoms with Crippen molar-refractivity contribution in [2.75, 3.05) is 20.3 Å². The van der Waals surface area contributed by atoms with Gasteiger partial charge < -0.3 is 18.6 Å². The summed E-state index contributed by atoms with van der Waals surface area (Å²) < 4.78 is 21.2. The summed E-state index contributed by atoms with van der Waals surface area (Å²) in [6, 6.07) is 17.3. The summed E-state index contributed by atoms with van der Waals surface area (Å²) >= 11 is 0. The van der Waals surface area contributed by atoms with Gasteiger partial charge in [-0.05, 0) is 43.3 Å². The van der Waals surface area contributed by atoms with E-state index in [4.69, 9.17) is 18.6 Å². The number of hydrogen-bond donors (Lipinski definition) is 1. The average Bonchev–Trinajstić information content (AvgIpc) is 3.27. The summed E-state index contributed by atoms with van der Waals surface area (Å²) in [7, 11) is 1.55. The smallest absolute Gasteiger partial charge is 0.338 e. The molecule has 0 aliphatic heterocycles. The zero-order valence-corrected chi connectivity index (χ0v) is 17.2. The number of amides is 1. The first-order chi connectivity index (χ1) is 15.1. The molecule has 160 valence electrons. The molecule has 0 fully saturated rings. The van der Waals surface area contributed by atoms with Crippen LogP contribution < -0.4 is 14.9 Å². The van der Waals surface area contributed by atoms with E-state index in [1.54, 1.807) is 74.7 Å². The summed E-state index contributed by atoms with van der Waals surface area (Å²) in [5, 5.41) is 3.87. The fourth-order valence-corrected chi connectivity index (χ4v) is 2.60. The van der Waals surface area contributed by atoms with Crippen molar-refractivity contribution in [2.24, 2.45) is 5.10 Å². The van der Waals surface area contributed by atoms with E-state index in [1.165, 1.54) is 6.21 Å². The minimum Gasteiger partial charge on any atom is -0.497 e. The molecule has 0 saturated heterocycles. The number of carbonyl (C=O) groups is 2. The fourth-order valence-electron chi connectivity index (χ4n) is 2.60. The number of methoxy groups -OCH3 is 1. The Hall–Kier alpha value is -4.07. The molecule has 0 saturated carbocycles. The standard InChI is InChI=1S/C23H22N2O6/c1-3-29-23(27)17-9-7-16(8-10-17)21-12-11-20(31-21)14-24-25-22(26)15-30-19-6-4-5-18(13-19)28-2/h4-14H,3,15H2,1-2H3,(H,25,26)/b24-14-. The van der Waals surface area contributed by atoms with Crippen LogP contribution in [-0.4, -0.2) is 38.4 Å². The van der Waals surface area contributed by atoms with Crippen molar-refractivity contribution in [1.82, 2.24) is 5.43 Å². The molecule has 1 aromatic heterocycles. The molecule has 8 nitrogen and oxygen atoms in total. The highest BCUT2D eigenvalue weighted by molar-refractivity contribution is 5.90. The number of hydrazone groups is 1. The van der Waals surface area contributed by atoms with E-state index < -0.39 is 5.91 Å². The second kappa shape index (κ2) is 10.6. The van der Waals surface area contributed by atoms with Crippen molar-refractivity contribution in [3.05, 3.63) is 72.0 Å². The van der Waals surface area contributed by atoms with Crippen LogP contribution in [0.3, 0.4) is 0 Å². The number of nitrogens with zero attached hydrogens (tertiary/aromatic N) is 1. The van der Waals surface area contributed by atoms with E-state index in [1.807, 2.05) is 0 Å². The molecule has 1 heterocycles. The third-order valence-electron chi connectivity index (χ3n) is 4.10. The maximum absolute atomic E-state index is 11.9. The molecule has 8 heteroatoms. The Morgan fingerprint density at radius 3 is 2.58 bits per heavy atom. The Kier molecular flexibility index (Phi) is 7.42. The number of furan rings is 1. The normalized spacial score (nSPS) is 10.6. The van der Waals surface area contributed by atoms with Crippen molar-refractivity contribution in [1.29, 1.82) is 0 Å². The fraction of sp³-hybridized carbons (Fsp3) is 0.174. The highest BCUT2D eigenvalue weighted by atomic mass is 16.5. The molecule has 31 heavy (non-hydrogen) atoms. The molecule has 0 radical (unpaired) electrons. The lowest BCUT2D eigenvalue weighted by Gasteiger charge is -2.06. The minimum absolute atomic E-state index is 0.194. The molecule has 0 aliphatic rings. The van der Waals surface area contributed by atoms with Crippen LogP contribution in [0.2, 0.25) is 0 Å². The van der Waals surface area contributed by atoms with Gasteiger partial charge in [0.15, 0.2) is 6.61 Å². The van der Waals surface area contributed by atoms with Crippen LogP contribution in [0.25, 0.3) is 11.3 Å². The molecule has 3 aromatic rings. The second-order valence-corrected chi connectivity index (χ2v) is 6.26. The Labute approximate surface area is 179 Å². The number of ether oxygens (including phenoxy) is 3. The predicted octanol–water partition coefficient (Wildman–Crippen LogP) is 3.66. The van der Waals surface area contributed by atoms with Gasteiger partial charge in [-0.25, -0.2) is 10.2 Å². The second-order valence-electron chi connectivity index (χ2n) is 6.26. The van der Waals surface area contributed by atoms with Gasteiger partial charge in [-0.1, -0.05) is 18.2 Å². The van der Waals surface area contributed by atoms with Gasteiger partial charge in [0.1, 0.15) is 23.0 Å². The monoisotopic (exact) mass is 422 g/mol. The van der Waals surface area contributed by atoms with Crippen molar-refractivity contribution in [3.63, 3.8) is 0 Å². The first-order valence-corrected chi connectivity index (χ1v) is 9.55. The van der Waals surface area contributed by atoms with E-state index in [-0.39, 0.29) is 12.6 Å². The lowest BCUT2D eigenvalue weighted by Crippen LogP contribution is -2.24. The third-order valence-corrected chi connectivity index (χ3v) is 4.10. The van der Waals surface area contributed by atoms with Crippen LogP contribution in [0.1, 0.15) is 23.0 Å². The first-order valence-electron chi connectivity index (χ1n) is 9.55. The molecule has 2 aromatic carbocycles. The van der Waals surface area contributed by atoms with Gasteiger partial charge in [0.25, 0.3) is 5.91 Å². The van der Waals surface area contributed by atoms with Crippen molar-refractivity contribution >= 4 is 18.1 Å². The lowest BCUT2D eigenvalue weighted by molar-refractivity contribution is -0.123. The minimum atomic E-state index is -0.416. The predicted molar refractivity (Wildman–Crippen MR) is 114 cm³/mol. The molecule has 0 aliphatic carbocycles. The largest absolute Gasteiger partial charge is 0.497 e. The SMILES string of the molecule is CCOC(=O)c1ccc(-c2ccc(/C=N\NC(=O)COc3cccc(OC)c3)o2)cc1. The van der Waals surface area contributed by atoms with Gasteiger partial charge in [-0.3, -0.25) is 4.79 Å². The van der Waals surface area contributed by atoms with Crippen LogP contribution in [0.4, 0.5) is 0 Å². The molecule has 0 spiro atoms. The summed E-state index contributed by atoms with van der Waals surface area (Å²) in [6.07, 6.45) is 1.39. The quantitative estimate of drug-likeness (QED) is 0.321. The number of nitrogens with one attached hydrogen (secondary N) is 1. The van der Waals surface area contributed by atoms with E-state index in [0.29, 0.717) is 35.2 Å². The molecule has 0 bridgehead atoms. The van der Waals surface area contributed by atoms with Gasteiger partial charge >= 0.3 is 5.97 Å². The average molecular weight is 422 g/mol. The maximum atomic E-state index is 11.9. The lowest BCUT2D eigenvalue weighted by atomic mass is 10.1. The first kappa shape index (κ1) is 21.6. The van der Waals surface area contributed by atoms with Gasteiger partial charge in [0, 0.05) is 11.6 Å². The number of rotatable bonds is 9. The molecular formula is C23H22N2O6. The van der Waals surface area contributed by atoms with E-state index in [2.05, 4.69) is 10.5 Å². The highest BCUT2D eigenvalue weighted by Crippen LogP contribution is 2.22. The number of carbonyl (C=O) groups excluding carboxylic acids is 2. The number of esters is 1. The number of hydrogen-bond acceptors (Lipinski definition) is 7. The Balaban J connectivity index is 1.51. The van der Waals surface area contributed by atoms with Crippen molar-refractivity contribution in [3.8, 4) is 22.8 Å². The summed E-state index contributed by atoms with van der Waals surface area (Å²) in [5.41, 5.74) is 3.64. The molecule has 3 rings (SSSR count). The van der Waals surface area contributed by atoms with Crippen molar-refractivity contribution in [2.45, 2.75) is 6.92 Å². The van der Waals surface area contributed by atoms with Crippen LogP contribution in [0.5, 0.6) is 11.5 Å². The Morgan fingerprint density at radius 1 is 1.06 bits per heavy atom. The van der Waals surface area contributed by atoms with E-state index >= 15 is 0 Å². The zero-order valence-electron chi connectivity index (χ0n) is 17.2. The van der Waals surface area contributed by atoms with E-state index in [0.717, 1.165) is 5.56 Å². The van der Waals surface area contributed by atoms with E-state index in [9.17, 15) is 9.59 Å². The zero-order chi connectivity index (χ0) is 22.1. The molecule has 0 atom stereocenters. The molecule has 1 amide bonds. The van der Waals surface area contributed by atoms with Gasteiger partial charge in [-0.15, -0.1) is 0 Å². The summed E-state index contributed by atoms with van der Waals surface area (Å²) in [6.45, 7) is 1.89. The maximum Gasteiger partial charge on any atom is 0.338 e. The molecule has 0 unspecified atom stereocenters. The van der Waals surface area contributed by atoms with Crippen LogP contribution >= 0.6 is 0 Å². The van der Waals surface area contributed by atoms with Crippen molar-refractivity contribution < 1.29 is 28.2 Å². The topological polar surface area (TPSA) is 99.4 Å². The Morgan fingerprint density at radius 2 is 1.84 bits per heavy atom. The summed E-state index contributed by atoms with van der Waals surface area (Å²) in [4.78, 5) is 23.6. The van der Waals surface area contributed by atoms with Crippen LogP contribution in [0, 0.1) is 0 Å². The summed E-state index contributed by atoms with van der Waals surface area (Å²) in [5.74, 6) is 1.43. The molecular weight excluding hydrogens is 400 g/mol. The Bertz CT molecular complexity index is 1060. The third kappa shape index (κ3) is 6.20. The molecule has 1 N–H and O–H groups in total. The van der Waals surface area contributed by atoms with Gasteiger partial charge in [-0.2, -0.15) is 5.10 Å². The highest BCUT2D eigenvalue weighted by Gasteiger charge is 2.08.